The highest BCUT2D eigenvalue weighted by molar-refractivity contribution is 5.20. The maximum absolute atomic E-state index is 6.86. The number of H-pyrrole nitrogens is 1. The van der Waals surface area contributed by atoms with Gasteiger partial charge < -0.3 is 10.7 Å². The van der Waals surface area contributed by atoms with Gasteiger partial charge in [-0.2, -0.15) is 0 Å². The molecule has 0 unspecified atom stereocenters. The summed E-state index contributed by atoms with van der Waals surface area (Å²) in [4.78, 5) is 6.05. The van der Waals surface area contributed by atoms with E-state index in [1.165, 1.54) is 6.33 Å². The lowest BCUT2D eigenvalue weighted by Gasteiger charge is -1.67. The van der Waals surface area contributed by atoms with Crippen LogP contribution >= 0.6 is 0 Å². The molecular weight excluding hydrogens is 78.1 g/mol. The summed E-state index contributed by atoms with van der Waals surface area (Å²) in [5, 5.41) is 0. The fraction of sp³-hybridized carbons (Fsp3) is 0. The Balaban J connectivity index is 3.12. The third-order valence-corrected chi connectivity index (χ3v) is 0.468. The predicted octanol–water partition coefficient (Wildman–Crippen LogP) is -0.00810. The van der Waals surface area contributed by atoms with E-state index in [2.05, 4.69) is 9.97 Å². The van der Waals surface area contributed by atoms with Crippen LogP contribution in [-0.4, -0.2) is 9.97 Å². The number of nitrogens with two attached hydrogens (primary N) is 1. The summed E-state index contributed by atoms with van der Waals surface area (Å²) in [7, 11) is 0. The fourth-order valence-electron chi connectivity index (χ4n) is 0.240. The number of nitrogens with zero attached hydrogens (tertiary/aromatic N) is 1. The second-order valence-corrected chi connectivity index (χ2v) is 0.913. The van der Waals surface area contributed by atoms with Crippen molar-refractivity contribution in [1.82, 2.24) is 9.97 Å². The number of nitrogens with one attached hydrogen (secondary N) is 1. The molecule has 0 radical (unpaired) electrons. The quantitative estimate of drug-likeness (QED) is 0.464. The summed E-state index contributed by atoms with van der Waals surface area (Å²) >= 11 is 0. The summed E-state index contributed by atoms with van der Waals surface area (Å²) < 4.78 is 6.86. The third kappa shape index (κ3) is 0.337. The molecule has 3 heteroatoms. The monoisotopic (exact) mass is 84.1 g/mol. The number of hydrogen-bond acceptors (Lipinski definition) is 2. The summed E-state index contributed by atoms with van der Waals surface area (Å²) in [5.41, 5.74) is 5.11. The number of nitrogen functional groups attached to an aromatic ring is 1. The van der Waals surface area contributed by atoms with Crippen LogP contribution in [0.25, 0.3) is 0 Å². The van der Waals surface area contributed by atoms with E-state index in [4.69, 9.17) is 7.10 Å². The molecule has 32 valence electrons. The van der Waals surface area contributed by atoms with Crippen LogP contribution in [0.4, 0.5) is 5.82 Å². The topological polar surface area (TPSA) is 54.7 Å². The van der Waals surface area contributed by atoms with Gasteiger partial charge in [0.15, 0.2) is 0 Å². The highest BCUT2D eigenvalue weighted by Gasteiger charge is 1.74. The number of rotatable bonds is 0. The van der Waals surface area contributed by atoms with Gasteiger partial charge >= 0.3 is 0 Å². The van der Waals surface area contributed by atoms with Crippen molar-refractivity contribution in [1.29, 1.82) is 0 Å². The van der Waals surface area contributed by atoms with E-state index < -0.39 is 0 Å². The molecule has 1 heterocycles. The predicted molar refractivity (Wildman–Crippen MR) is 23.0 cm³/mol. The minimum absolute atomic E-state index is 0.181. The van der Waals surface area contributed by atoms with Crippen LogP contribution in [0, 0.1) is 0 Å². The summed E-state index contributed by atoms with van der Waals surface area (Å²) in [6, 6.07) is 0. The van der Waals surface area contributed by atoms with Gasteiger partial charge in [0, 0.05) is 6.17 Å². The Labute approximate surface area is 36.6 Å². The lowest BCUT2D eigenvalue weighted by atomic mass is 10.8. The van der Waals surface area contributed by atoms with Crippen molar-refractivity contribution in [3.05, 3.63) is 12.5 Å². The van der Waals surface area contributed by atoms with Gasteiger partial charge in [0.25, 0.3) is 0 Å². The average Bonchev–Trinajstić information content (AvgIpc) is 1.91. The first-order valence-electron chi connectivity index (χ1n) is 2.06. The van der Waals surface area contributed by atoms with Crippen molar-refractivity contribution in [2.45, 2.75) is 0 Å². The van der Waals surface area contributed by atoms with Crippen LogP contribution in [0.1, 0.15) is 1.37 Å². The van der Waals surface area contributed by atoms with Gasteiger partial charge in [0.05, 0.1) is 7.70 Å². The van der Waals surface area contributed by atoms with E-state index in [9.17, 15) is 0 Å². The van der Waals surface area contributed by atoms with Gasteiger partial charge in [-0.25, -0.2) is 4.98 Å². The maximum atomic E-state index is 6.86. The fourth-order valence-corrected chi connectivity index (χ4v) is 0.240. The van der Waals surface area contributed by atoms with Crippen LogP contribution in [0.2, 0.25) is 0 Å². The van der Waals surface area contributed by atoms with Crippen molar-refractivity contribution < 1.29 is 1.37 Å². The van der Waals surface area contributed by atoms with Crippen LogP contribution in [-0.2, 0) is 0 Å². The zero-order chi connectivity index (χ0) is 5.28. The van der Waals surface area contributed by atoms with E-state index in [0.29, 0.717) is 0 Å². The van der Waals surface area contributed by atoms with E-state index >= 15 is 0 Å². The number of aromatic amines is 1. The van der Waals surface area contributed by atoms with Crippen LogP contribution in [0.15, 0.2) is 12.5 Å². The first kappa shape index (κ1) is 2.23. The van der Waals surface area contributed by atoms with Crippen LogP contribution in [0.3, 0.4) is 0 Å². The van der Waals surface area contributed by atoms with E-state index in [-0.39, 0.29) is 12.0 Å². The summed E-state index contributed by atoms with van der Waals surface area (Å²) in [6.07, 6.45) is 1.57. The molecule has 1 aromatic rings. The van der Waals surface area contributed by atoms with Crippen molar-refractivity contribution in [3.8, 4) is 0 Å². The zero-order valence-electron chi connectivity index (χ0n) is 4.10. The van der Waals surface area contributed by atoms with Crippen molar-refractivity contribution in [2.75, 3.05) is 5.73 Å². The van der Waals surface area contributed by atoms with Crippen molar-refractivity contribution in [3.63, 3.8) is 0 Å². The van der Waals surface area contributed by atoms with Gasteiger partial charge in [-0.1, -0.05) is 0 Å². The minimum Gasteiger partial charge on any atom is -0.382 e. The normalized spacial score (nSPS) is 11.0. The molecule has 0 aliphatic heterocycles. The van der Waals surface area contributed by atoms with E-state index in [1.54, 1.807) is 0 Å². The first-order valence-corrected chi connectivity index (χ1v) is 1.56. The van der Waals surface area contributed by atoms with E-state index in [1.807, 2.05) is 0 Å². The second kappa shape index (κ2) is 1.01. The smallest absolute Gasteiger partial charge is 0.141 e. The zero-order valence-corrected chi connectivity index (χ0v) is 3.10. The molecule has 0 saturated carbocycles. The molecule has 3 nitrogen and oxygen atoms in total. The lowest BCUT2D eigenvalue weighted by Crippen LogP contribution is -1.79. The molecule has 0 spiro atoms. The van der Waals surface area contributed by atoms with E-state index in [0.717, 1.165) is 0 Å². The van der Waals surface area contributed by atoms with Gasteiger partial charge in [0.1, 0.15) is 5.82 Å². The third-order valence-electron chi connectivity index (χ3n) is 0.468. The van der Waals surface area contributed by atoms with Gasteiger partial charge in [-0.15, -0.1) is 0 Å². The van der Waals surface area contributed by atoms with Gasteiger partial charge in [0.2, 0.25) is 0 Å². The lowest BCUT2D eigenvalue weighted by molar-refractivity contribution is 1.32. The molecule has 1 aromatic heterocycles. The van der Waals surface area contributed by atoms with Crippen molar-refractivity contribution in [2.24, 2.45) is 0 Å². The summed E-state index contributed by atoms with van der Waals surface area (Å²) in [5.74, 6) is 0.250. The Bertz CT molecular complexity index is 142. The standard InChI is InChI=1S/C3H5N3/c4-3-1-5-2-6-3/h1-2H,4H2,(H,5,6)/i1D. The molecule has 6 heavy (non-hydrogen) atoms. The Morgan fingerprint density at radius 1 is 2.17 bits per heavy atom. The Hall–Kier alpha value is -0.990. The highest BCUT2D eigenvalue weighted by atomic mass is 14.9. The largest absolute Gasteiger partial charge is 0.382 e. The molecule has 0 aliphatic carbocycles. The molecule has 0 amide bonds. The number of anilines is 1. The first-order chi connectivity index (χ1) is 3.30. The van der Waals surface area contributed by atoms with Crippen LogP contribution < -0.4 is 5.73 Å². The molecule has 0 aliphatic rings. The molecule has 0 saturated heterocycles. The number of aromatic nitrogens is 2. The van der Waals surface area contributed by atoms with Crippen LogP contribution in [0.5, 0.6) is 0 Å². The van der Waals surface area contributed by atoms with Crippen molar-refractivity contribution >= 4 is 5.82 Å². The summed E-state index contributed by atoms with van der Waals surface area (Å²) in [6.45, 7) is 0. The molecule has 3 N–H and O–H groups in total. The SMILES string of the molecule is [2H]c1[nH]cnc1N. The molecular formula is C3H5N3. The minimum atomic E-state index is 0.181. The van der Waals surface area contributed by atoms with Gasteiger partial charge in [-0.05, 0) is 0 Å². The number of hydrogen-bond donors (Lipinski definition) is 2. The highest BCUT2D eigenvalue weighted by Crippen LogP contribution is 1.84. The maximum Gasteiger partial charge on any atom is 0.141 e. The molecule has 0 fully saturated rings. The Kier molecular flexibility index (Phi) is 0.374. The number of imidazole rings is 1. The molecule has 1 rings (SSSR count). The molecule has 0 bridgehead atoms. The molecule has 0 aromatic carbocycles. The Morgan fingerprint density at radius 3 is 3.17 bits per heavy atom. The average molecular weight is 84.1 g/mol. The van der Waals surface area contributed by atoms with Gasteiger partial charge in [-0.3, -0.25) is 0 Å². The molecule has 0 atom stereocenters. The second-order valence-electron chi connectivity index (χ2n) is 0.913. The Morgan fingerprint density at radius 2 is 3.00 bits per heavy atom.